The van der Waals surface area contributed by atoms with E-state index in [0.29, 0.717) is 42.1 Å². The number of aryl methyl sites for hydroxylation is 5. The highest BCUT2D eigenvalue weighted by atomic mass is 35.5. The number of piperidine rings is 2. The summed E-state index contributed by atoms with van der Waals surface area (Å²) in [5.74, 6) is 4.58. The molecule has 1 saturated carbocycles. The zero-order chi connectivity index (χ0) is 73.6. The van der Waals surface area contributed by atoms with Gasteiger partial charge >= 0.3 is 18.3 Å². The number of hydrogen-bond donors (Lipinski definition) is 2. The number of pyridine rings is 1. The lowest BCUT2D eigenvalue weighted by molar-refractivity contribution is -0.121. The van der Waals surface area contributed by atoms with Gasteiger partial charge in [-0.25, -0.2) is 29.3 Å². The van der Waals surface area contributed by atoms with Gasteiger partial charge in [-0.05, 0) is 215 Å². The molecule has 22 nitrogen and oxygen atoms in total. The van der Waals surface area contributed by atoms with Gasteiger partial charge in [0.2, 0.25) is 0 Å². The van der Waals surface area contributed by atoms with Crippen molar-refractivity contribution in [2.45, 2.75) is 180 Å². The van der Waals surface area contributed by atoms with E-state index in [2.05, 4.69) is 85.4 Å². The maximum atomic E-state index is 12.6. The number of fused-ring (bicyclic) bond motifs is 9. The maximum Gasteiger partial charge on any atom is 0.414 e. The SMILES string of the molecule is COC(=O)N1c2ccc3c(nc(CCn4ccccc4=O)n3CCN3CCC(CO)CC3)c2CC[C@@H]1C.COC(=O)N1c2ccc3c(nc(Cc4cc(Cl)cc(OC)c4)n3C3CCC(C(C)=O)CC3)c2CC[C@@H]1C.COC(=O)N1c2ccc3c(nc(Cc4ccccc4)n3[C@@H]3CCCNC3)c2CC[C@@H]1C. The van der Waals surface area contributed by atoms with Gasteiger partial charge in [-0.15, -0.1) is 0 Å². The Labute approximate surface area is 619 Å². The summed E-state index contributed by atoms with van der Waals surface area (Å²) in [6.45, 7) is 14.5. The number of anilines is 3. The number of imidazole rings is 3. The summed E-state index contributed by atoms with van der Waals surface area (Å²) < 4.78 is 29.6. The third-order valence-corrected chi connectivity index (χ3v) is 23.1. The molecular weight excluding hydrogens is 1350 g/mol. The number of amides is 3. The molecule has 0 unspecified atom stereocenters. The minimum absolute atomic E-state index is 0.0167. The van der Waals surface area contributed by atoms with Crippen LogP contribution in [0.2, 0.25) is 5.02 Å². The van der Waals surface area contributed by atoms with Gasteiger partial charge in [0.15, 0.2) is 0 Å². The third-order valence-electron chi connectivity index (χ3n) is 22.8. The normalized spacial score (nSPS) is 20.5. The number of Topliss-reactive ketones (excluding diaryl/α,β-unsaturated/α-hetero) is 1. The van der Waals surface area contributed by atoms with E-state index in [-0.39, 0.29) is 66.3 Å². The average molecular weight is 1450 g/mol. The molecule has 2 saturated heterocycles. The second-order valence-corrected chi connectivity index (χ2v) is 29.8. The Bertz CT molecular complexity index is 4660. The molecule has 9 heterocycles. The number of aliphatic hydroxyl groups is 1. The number of nitrogens with zero attached hydrogens (tertiary/aromatic N) is 11. The first-order valence-electron chi connectivity index (χ1n) is 37.7. The molecular formula is C82H101ClN12O10. The highest BCUT2D eigenvalue weighted by molar-refractivity contribution is 6.30. The molecule has 0 radical (unpaired) electrons. The van der Waals surface area contributed by atoms with E-state index < -0.39 is 0 Å². The number of nitrogens with one attached hydrogen (secondary N) is 1. The number of rotatable bonds is 15. The number of ketones is 1. The second-order valence-electron chi connectivity index (χ2n) is 29.4. The molecule has 105 heavy (non-hydrogen) atoms. The van der Waals surface area contributed by atoms with Crippen LogP contribution in [-0.2, 0) is 70.6 Å². The summed E-state index contributed by atoms with van der Waals surface area (Å²) in [5, 5.41) is 13.7. The molecule has 0 spiro atoms. The molecule has 1 aliphatic carbocycles. The first-order valence-corrected chi connectivity index (χ1v) is 38.1. The number of likely N-dealkylation sites (tertiary alicyclic amines) is 1. The lowest BCUT2D eigenvalue weighted by Crippen LogP contribution is -2.42. The van der Waals surface area contributed by atoms with Crippen molar-refractivity contribution in [3.8, 4) is 5.75 Å². The fourth-order valence-electron chi connectivity index (χ4n) is 17.1. The van der Waals surface area contributed by atoms with Gasteiger partial charge in [0.25, 0.3) is 5.56 Å². The van der Waals surface area contributed by atoms with Gasteiger partial charge in [-0.2, -0.15) is 0 Å². The van der Waals surface area contributed by atoms with Crippen molar-refractivity contribution >= 4 is 85.8 Å². The van der Waals surface area contributed by atoms with Gasteiger partial charge < -0.3 is 52.5 Å². The summed E-state index contributed by atoms with van der Waals surface area (Å²) in [6, 6.07) is 34.9. The standard InChI is InChI=1S/C29H34ClN3O4.C28H37N5O4.C25H30N4O2/c1-17-5-10-24-25(32(17)29(35)37-4)11-12-26-28(24)31-27(15-19-13-21(30)16-23(14-19)36-3)33(26)22-8-6-20(7-9-22)18(2)34;1-20-6-7-22-23(33(20)28(36)37-2)8-9-24-27(22)29-25(12-16-31-13-4-3-5-26(31)35)32(24)18-17-30-14-10-21(19-34)11-15-30;1-17-10-11-20-21(28(17)25(30)31-2)12-13-22-24(20)27-23(15-18-7-4-3-5-8-18)29(22)19-9-6-14-26-16-19/h11-14,16-17,20,22H,5-10,15H2,1-4H3;3-5,8-9,13,20-21,34H,6-7,10-12,14-19H2,1-2H3;3-5,7-8,12-13,17,19,26H,6,9-11,14-16H2,1-2H3/t17-,20?,22?;20-;17-,19+/m000/s1. The number of hydrogen-bond acceptors (Lipinski definition) is 15. The first-order chi connectivity index (χ1) is 51.0. The molecule has 5 aromatic carbocycles. The molecule has 9 aromatic rings. The van der Waals surface area contributed by atoms with Gasteiger partial charge in [-0.3, -0.25) is 24.3 Å². The van der Waals surface area contributed by atoms with Crippen molar-refractivity contribution in [3.63, 3.8) is 0 Å². The number of methoxy groups -OCH3 is 4. The Hall–Kier alpha value is -9.09. The molecule has 4 aromatic heterocycles. The lowest BCUT2D eigenvalue weighted by Gasteiger charge is -2.34. The predicted octanol–water partition coefficient (Wildman–Crippen LogP) is 14.0. The Morgan fingerprint density at radius 3 is 1.60 bits per heavy atom. The van der Waals surface area contributed by atoms with E-state index in [1.54, 1.807) is 51.5 Å². The molecule has 3 amide bonds. The predicted molar refractivity (Wildman–Crippen MR) is 411 cm³/mol. The first kappa shape index (κ1) is 74.2. The molecule has 3 fully saturated rings. The Balaban J connectivity index is 0.000000140. The van der Waals surface area contributed by atoms with Crippen LogP contribution in [0.5, 0.6) is 5.75 Å². The van der Waals surface area contributed by atoms with E-state index in [1.807, 2.05) is 50.4 Å². The number of benzene rings is 5. The second kappa shape index (κ2) is 33.1. The average Bonchev–Trinajstić information content (AvgIpc) is 1.64. The van der Waals surface area contributed by atoms with E-state index >= 15 is 0 Å². The number of halogens is 1. The van der Waals surface area contributed by atoms with E-state index in [1.165, 1.54) is 38.8 Å². The van der Waals surface area contributed by atoms with Crippen LogP contribution in [0.25, 0.3) is 33.1 Å². The van der Waals surface area contributed by atoms with E-state index in [4.69, 9.17) is 45.5 Å². The molecule has 0 bridgehead atoms. The summed E-state index contributed by atoms with van der Waals surface area (Å²) >= 11 is 6.39. The summed E-state index contributed by atoms with van der Waals surface area (Å²) in [7, 11) is 5.93. The molecule has 2 N–H and O–H groups in total. The van der Waals surface area contributed by atoms with Crippen molar-refractivity contribution in [3.05, 3.63) is 170 Å². The zero-order valence-corrected chi connectivity index (χ0v) is 62.8. The number of carbonyl (C=O) groups is 4. The molecule has 5 aliphatic heterocycles. The lowest BCUT2D eigenvalue weighted by atomic mass is 9.83. The van der Waals surface area contributed by atoms with Crippen molar-refractivity contribution < 1.29 is 43.2 Å². The fraction of sp³-hybridized carbons (Fsp3) is 0.488. The van der Waals surface area contributed by atoms with Crippen LogP contribution in [0.1, 0.15) is 156 Å². The minimum Gasteiger partial charge on any atom is -0.497 e. The molecule has 4 atom stereocenters. The topological polar surface area (TPSA) is 226 Å². The van der Waals surface area contributed by atoms with Gasteiger partial charge in [0.05, 0.1) is 78.6 Å². The number of carbonyl (C=O) groups excluding carboxylic acids is 4. The van der Waals surface area contributed by atoms with Crippen molar-refractivity contribution in [1.29, 1.82) is 0 Å². The zero-order valence-electron chi connectivity index (χ0n) is 62.0. The Morgan fingerprint density at radius 2 is 1.09 bits per heavy atom. The smallest absolute Gasteiger partial charge is 0.414 e. The molecule has 23 heteroatoms. The summed E-state index contributed by atoms with van der Waals surface area (Å²) in [4.78, 5) is 85.3. The van der Waals surface area contributed by atoms with Crippen molar-refractivity contribution in [2.75, 3.05) is 82.5 Å². The third kappa shape index (κ3) is 15.8. The van der Waals surface area contributed by atoms with Crippen LogP contribution < -0.4 is 30.3 Å². The van der Waals surface area contributed by atoms with Crippen LogP contribution in [0, 0.1) is 11.8 Å². The van der Waals surface area contributed by atoms with Crippen molar-refractivity contribution in [1.82, 2.24) is 43.4 Å². The molecule has 6 aliphatic rings. The van der Waals surface area contributed by atoms with Crippen LogP contribution in [0.3, 0.4) is 0 Å². The van der Waals surface area contributed by atoms with E-state index in [9.17, 15) is 29.1 Å². The Kier molecular flexibility index (Phi) is 23.4. The highest BCUT2D eigenvalue weighted by Gasteiger charge is 2.37. The number of aromatic nitrogens is 7. The monoisotopic (exact) mass is 1450 g/mol. The summed E-state index contributed by atoms with van der Waals surface area (Å²) in [5.41, 5.74) is 14.5. The number of aliphatic hydroxyl groups excluding tert-OH is 1. The fourth-order valence-corrected chi connectivity index (χ4v) is 17.3. The van der Waals surface area contributed by atoms with E-state index in [0.717, 1.165) is 214 Å². The van der Waals surface area contributed by atoms with Crippen molar-refractivity contribution in [2.24, 2.45) is 11.8 Å². The van der Waals surface area contributed by atoms with Crippen LogP contribution in [0.4, 0.5) is 31.4 Å². The maximum absolute atomic E-state index is 12.6. The van der Waals surface area contributed by atoms with Gasteiger partial charge in [0.1, 0.15) is 29.0 Å². The minimum atomic E-state index is -0.346. The number of ether oxygens (including phenoxy) is 4. The van der Waals surface area contributed by atoms with Crippen LogP contribution in [0.15, 0.2) is 114 Å². The molecule has 15 rings (SSSR count). The van der Waals surface area contributed by atoms with Gasteiger partial charge in [0, 0.05) is 122 Å². The highest BCUT2D eigenvalue weighted by Crippen LogP contribution is 2.43. The molecule has 556 valence electrons. The van der Waals surface area contributed by atoms with Crippen LogP contribution >= 0.6 is 11.6 Å². The Morgan fingerprint density at radius 1 is 0.562 bits per heavy atom. The summed E-state index contributed by atoms with van der Waals surface area (Å²) in [6.07, 6.45) is 16.1. The quantitative estimate of drug-likeness (QED) is 0.0910. The largest absolute Gasteiger partial charge is 0.497 e. The van der Waals surface area contributed by atoms with Crippen LogP contribution in [-0.4, -0.2) is 153 Å². The van der Waals surface area contributed by atoms with Gasteiger partial charge in [-0.1, -0.05) is 48.0 Å².